The van der Waals surface area contributed by atoms with E-state index in [2.05, 4.69) is 10.6 Å². The van der Waals surface area contributed by atoms with Gasteiger partial charge in [0.15, 0.2) is 0 Å². The third kappa shape index (κ3) is 6.64. The first-order valence-electron chi connectivity index (χ1n) is 9.81. The fourth-order valence-corrected chi connectivity index (χ4v) is 3.81. The van der Waals surface area contributed by atoms with E-state index in [1.54, 1.807) is 6.08 Å². The van der Waals surface area contributed by atoms with E-state index in [0.29, 0.717) is 12.1 Å². The lowest BCUT2D eigenvalue weighted by Crippen LogP contribution is -2.24. The monoisotopic (exact) mass is 416 g/mol. The Morgan fingerprint density at radius 1 is 0.867 bits per heavy atom. The molecule has 0 spiro atoms. The third-order valence-corrected chi connectivity index (χ3v) is 5.67. The molecular formula is C25H24N2O2S. The minimum absolute atomic E-state index is 0.0334. The second-order valence-electron chi connectivity index (χ2n) is 6.63. The SMILES string of the molecule is CCC(Sc1cccc(NC(=O)/C=C/c2ccccc2)c1)C(=O)Nc1ccccc1. The maximum atomic E-state index is 12.6. The summed E-state index contributed by atoms with van der Waals surface area (Å²) in [5.41, 5.74) is 2.45. The number of anilines is 2. The summed E-state index contributed by atoms with van der Waals surface area (Å²) in [6.07, 6.45) is 3.98. The van der Waals surface area contributed by atoms with Gasteiger partial charge in [-0.3, -0.25) is 9.59 Å². The van der Waals surface area contributed by atoms with Crippen LogP contribution in [0.25, 0.3) is 6.08 Å². The van der Waals surface area contributed by atoms with E-state index in [1.807, 2.05) is 91.9 Å². The fourth-order valence-electron chi connectivity index (χ4n) is 2.80. The lowest BCUT2D eigenvalue weighted by molar-refractivity contribution is -0.115. The zero-order chi connectivity index (χ0) is 21.2. The van der Waals surface area contributed by atoms with Crippen LogP contribution < -0.4 is 10.6 Å². The minimum atomic E-state index is -0.228. The Bertz CT molecular complexity index is 1000. The molecule has 0 aliphatic rings. The van der Waals surface area contributed by atoms with Gasteiger partial charge in [0.05, 0.1) is 5.25 Å². The number of amides is 2. The van der Waals surface area contributed by atoms with Gasteiger partial charge in [0.1, 0.15) is 0 Å². The highest BCUT2D eigenvalue weighted by molar-refractivity contribution is 8.00. The van der Waals surface area contributed by atoms with Gasteiger partial charge in [-0.05, 0) is 48.4 Å². The summed E-state index contributed by atoms with van der Waals surface area (Å²) in [5, 5.41) is 5.60. The second kappa shape index (κ2) is 11.0. The molecule has 4 nitrogen and oxygen atoms in total. The number of nitrogens with one attached hydrogen (secondary N) is 2. The average molecular weight is 417 g/mol. The first kappa shape index (κ1) is 21.4. The van der Waals surface area contributed by atoms with E-state index in [-0.39, 0.29) is 17.1 Å². The summed E-state index contributed by atoms with van der Waals surface area (Å²) in [5.74, 6) is -0.233. The molecule has 2 N–H and O–H groups in total. The van der Waals surface area contributed by atoms with Crippen molar-refractivity contribution in [3.63, 3.8) is 0 Å². The van der Waals surface area contributed by atoms with E-state index < -0.39 is 0 Å². The normalized spacial score (nSPS) is 11.8. The zero-order valence-corrected chi connectivity index (χ0v) is 17.6. The van der Waals surface area contributed by atoms with Gasteiger partial charge in [0, 0.05) is 22.3 Å². The Labute approximate surface area is 181 Å². The summed E-state index contributed by atoms with van der Waals surface area (Å²) in [7, 11) is 0. The molecule has 5 heteroatoms. The summed E-state index contributed by atoms with van der Waals surface area (Å²) in [6, 6.07) is 26.6. The van der Waals surface area contributed by atoms with Crippen molar-refractivity contribution in [2.75, 3.05) is 10.6 Å². The first-order valence-corrected chi connectivity index (χ1v) is 10.7. The van der Waals surface area contributed by atoms with Crippen LogP contribution in [0.15, 0.2) is 95.9 Å². The predicted octanol–water partition coefficient (Wildman–Crippen LogP) is 5.85. The van der Waals surface area contributed by atoms with E-state index in [9.17, 15) is 9.59 Å². The predicted molar refractivity (Wildman–Crippen MR) is 126 cm³/mol. The molecule has 1 atom stereocenters. The van der Waals surface area contributed by atoms with Gasteiger partial charge in [-0.15, -0.1) is 11.8 Å². The van der Waals surface area contributed by atoms with Gasteiger partial charge < -0.3 is 10.6 Å². The standard InChI is InChI=1S/C25H24N2O2S/c1-2-23(25(29)27-20-12-7-4-8-13-20)30-22-15-9-14-21(18-22)26-24(28)17-16-19-10-5-3-6-11-19/h3-18,23H,2H2,1H3,(H,26,28)(H,27,29)/b17-16+. The van der Waals surface area contributed by atoms with Crippen LogP contribution >= 0.6 is 11.8 Å². The third-order valence-electron chi connectivity index (χ3n) is 4.31. The summed E-state index contributed by atoms with van der Waals surface area (Å²) < 4.78 is 0. The Morgan fingerprint density at radius 2 is 1.53 bits per heavy atom. The molecule has 1 unspecified atom stereocenters. The van der Waals surface area contributed by atoms with Crippen LogP contribution in [0.2, 0.25) is 0 Å². The van der Waals surface area contributed by atoms with Crippen molar-refractivity contribution in [1.29, 1.82) is 0 Å². The van der Waals surface area contributed by atoms with Crippen LogP contribution in [0.3, 0.4) is 0 Å². The number of hydrogen-bond acceptors (Lipinski definition) is 3. The molecule has 30 heavy (non-hydrogen) atoms. The number of carbonyl (C=O) groups is 2. The molecule has 3 aromatic carbocycles. The molecule has 0 aromatic heterocycles. The Balaban J connectivity index is 1.60. The number of benzene rings is 3. The van der Waals surface area contributed by atoms with Crippen LogP contribution in [0.1, 0.15) is 18.9 Å². The van der Waals surface area contributed by atoms with Crippen LogP contribution in [0, 0.1) is 0 Å². The summed E-state index contributed by atoms with van der Waals surface area (Å²) in [4.78, 5) is 25.8. The maximum Gasteiger partial charge on any atom is 0.248 e. The van der Waals surface area contributed by atoms with E-state index in [1.165, 1.54) is 17.8 Å². The number of thioether (sulfide) groups is 1. The molecule has 3 aromatic rings. The summed E-state index contributed by atoms with van der Waals surface area (Å²) >= 11 is 1.49. The van der Waals surface area contributed by atoms with Crippen molar-refractivity contribution in [3.05, 3.63) is 96.6 Å². The van der Waals surface area contributed by atoms with Gasteiger partial charge in [0.25, 0.3) is 0 Å². The van der Waals surface area contributed by atoms with Crippen LogP contribution in [-0.4, -0.2) is 17.1 Å². The van der Waals surface area contributed by atoms with E-state index >= 15 is 0 Å². The van der Waals surface area contributed by atoms with Gasteiger partial charge in [0.2, 0.25) is 11.8 Å². The highest BCUT2D eigenvalue weighted by Gasteiger charge is 2.18. The van der Waals surface area contributed by atoms with Gasteiger partial charge in [-0.1, -0.05) is 61.5 Å². The molecule has 0 aliphatic carbocycles. The quantitative estimate of drug-likeness (QED) is 0.358. The average Bonchev–Trinajstić information content (AvgIpc) is 2.77. The lowest BCUT2D eigenvalue weighted by Gasteiger charge is -2.15. The van der Waals surface area contributed by atoms with Gasteiger partial charge in [-0.2, -0.15) is 0 Å². The zero-order valence-electron chi connectivity index (χ0n) is 16.7. The smallest absolute Gasteiger partial charge is 0.248 e. The first-order chi connectivity index (χ1) is 14.6. The molecule has 0 aliphatic heterocycles. The number of rotatable bonds is 8. The number of para-hydroxylation sites is 1. The molecule has 0 radical (unpaired) electrons. The highest BCUT2D eigenvalue weighted by Crippen LogP contribution is 2.28. The van der Waals surface area contributed by atoms with Crippen molar-refractivity contribution < 1.29 is 9.59 Å². The highest BCUT2D eigenvalue weighted by atomic mass is 32.2. The topological polar surface area (TPSA) is 58.2 Å². The van der Waals surface area contributed by atoms with Crippen LogP contribution in [0.4, 0.5) is 11.4 Å². The maximum absolute atomic E-state index is 12.6. The molecular weight excluding hydrogens is 392 g/mol. The van der Waals surface area contributed by atoms with Crippen molar-refractivity contribution >= 4 is 41.0 Å². The lowest BCUT2D eigenvalue weighted by atomic mass is 10.2. The molecule has 0 bridgehead atoms. The van der Waals surface area contributed by atoms with E-state index in [0.717, 1.165) is 16.1 Å². The Hall–Kier alpha value is -3.31. The molecule has 0 saturated carbocycles. The van der Waals surface area contributed by atoms with Crippen molar-refractivity contribution in [2.45, 2.75) is 23.5 Å². The molecule has 0 fully saturated rings. The van der Waals surface area contributed by atoms with Crippen LogP contribution in [0.5, 0.6) is 0 Å². The van der Waals surface area contributed by atoms with Crippen LogP contribution in [-0.2, 0) is 9.59 Å². The van der Waals surface area contributed by atoms with Gasteiger partial charge in [-0.25, -0.2) is 0 Å². The molecule has 152 valence electrons. The molecule has 3 rings (SSSR count). The largest absolute Gasteiger partial charge is 0.325 e. The second-order valence-corrected chi connectivity index (χ2v) is 7.91. The summed E-state index contributed by atoms with van der Waals surface area (Å²) in [6.45, 7) is 1.99. The number of carbonyl (C=O) groups excluding carboxylic acids is 2. The molecule has 0 saturated heterocycles. The van der Waals surface area contributed by atoms with Crippen molar-refractivity contribution in [3.8, 4) is 0 Å². The minimum Gasteiger partial charge on any atom is -0.325 e. The van der Waals surface area contributed by atoms with Crippen molar-refractivity contribution in [2.24, 2.45) is 0 Å². The Kier molecular flexibility index (Phi) is 7.86. The van der Waals surface area contributed by atoms with Gasteiger partial charge >= 0.3 is 0 Å². The fraction of sp³-hybridized carbons (Fsp3) is 0.120. The van der Waals surface area contributed by atoms with E-state index in [4.69, 9.17) is 0 Å². The number of hydrogen-bond donors (Lipinski definition) is 2. The molecule has 2 amide bonds. The van der Waals surface area contributed by atoms with Crippen molar-refractivity contribution in [1.82, 2.24) is 0 Å². The molecule has 0 heterocycles. The Morgan fingerprint density at radius 3 is 2.23 bits per heavy atom.